The largest absolute Gasteiger partial charge is 0.497 e. The summed E-state index contributed by atoms with van der Waals surface area (Å²) in [5.41, 5.74) is 5.23. The summed E-state index contributed by atoms with van der Waals surface area (Å²) in [6.07, 6.45) is 0.0364. The minimum atomic E-state index is -1.06. The smallest absolute Gasteiger partial charge is 0.407 e. The molecule has 0 saturated heterocycles. The number of hydrogen-bond donors (Lipinski definition) is 3. The van der Waals surface area contributed by atoms with Crippen LogP contribution in [0, 0.1) is 5.92 Å². The molecule has 0 spiro atoms. The summed E-state index contributed by atoms with van der Waals surface area (Å²) in [4.78, 5) is 60.4. The van der Waals surface area contributed by atoms with Crippen molar-refractivity contribution in [1.29, 1.82) is 0 Å². The van der Waals surface area contributed by atoms with E-state index in [0.717, 1.165) is 17.3 Å². The van der Waals surface area contributed by atoms with Crippen LogP contribution < -0.4 is 21.1 Å². The first-order valence-electron chi connectivity index (χ1n) is 12.3. The minimum Gasteiger partial charge on any atom is -0.497 e. The van der Waals surface area contributed by atoms with Crippen LogP contribution in [0.25, 0.3) is 0 Å². The highest BCUT2D eigenvalue weighted by molar-refractivity contribution is 8.13. The van der Waals surface area contributed by atoms with Crippen molar-refractivity contribution >= 4 is 40.8 Å². The van der Waals surface area contributed by atoms with Crippen LogP contribution in [0.15, 0.2) is 24.3 Å². The molecular formula is C26H39N3O8S. The first kappa shape index (κ1) is 32.7. The lowest BCUT2D eigenvalue weighted by Gasteiger charge is -2.26. The zero-order valence-electron chi connectivity index (χ0n) is 22.7. The number of amides is 3. The van der Waals surface area contributed by atoms with Crippen molar-refractivity contribution in [1.82, 2.24) is 10.6 Å². The molecule has 11 nitrogen and oxygen atoms in total. The monoisotopic (exact) mass is 553 g/mol. The van der Waals surface area contributed by atoms with E-state index in [0.29, 0.717) is 18.6 Å². The quantitative estimate of drug-likeness (QED) is 0.219. The van der Waals surface area contributed by atoms with Gasteiger partial charge in [0.05, 0.1) is 7.11 Å². The molecule has 0 bridgehead atoms. The van der Waals surface area contributed by atoms with Gasteiger partial charge in [-0.1, -0.05) is 23.9 Å². The van der Waals surface area contributed by atoms with Gasteiger partial charge in [0.25, 0.3) is 0 Å². The molecule has 0 saturated carbocycles. The van der Waals surface area contributed by atoms with Gasteiger partial charge in [-0.2, -0.15) is 0 Å². The van der Waals surface area contributed by atoms with Crippen molar-refractivity contribution in [3.8, 4) is 5.75 Å². The molecule has 0 aliphatic rings. The topological polar surface area (TPSA) is 163 Å². The van der Waals surface area contributed by atoms with Crippen molar-refractivity contribution in [2.45, 2.75) is 71.6 Å². The number of ether oxygens (including phenoxy) is 3. The molecule has 0 aromatic heterocycles. The maximum Gasteiger partial charge on any atom is 0.407 e. The molecule has 1 aromatic carbocycles. The number of methoxy groups -OCH3 is 1. The number of rotatable bonds is 15. The Balaban J connectivity index is 2.65. The molecule has 0 aliphatic heterocycles. The summed E-state index contributed by atoms with van der Waals surface area (Å²) in [6.45, 7) is 6.81. The van der Waals surface area contributed by atoms with Crippen molar-refractivity contribution in [3.05, 3.63) is 29.8 Å². The Hall–Kier alpha value is -3.28. The van der Waals surface area contributed by atoms with Gasteiger partial charge in [-0.15, -0.1) is 0 Å². The number of esters is 1. The molecule has 0 aliphatic carbocycles. The lowest BCUT2D eigenvalue weighted by molar-refractivity contribution is -0.159. The van der Waals surface area contributed by atoms with Crippen molar-refractivity contribution < 1.29 is 38.2 Å². The molecule has 3 amide bonds. The van der Waals surface area contributed by atoms with Crippen LogP contribution in [-0.2, 0) is 35.3 Å². The second-order valence-corrected chi connectivity index (χ2v) is 10.8. The summed E-state index contributed by atoms with van der Waals surface area (Å²) in [6, 6.07) is 6.04. The predicted octanol–water partition coefficient (Wildman–Crippen LogP) is 2.69. The molecule has 1 aromatic rings. The summed E-state index contributed by atoms with van der Waals surface area (Å²) in [5, 5.41) is 5.13. The Kier molecular flexibility index (Phi) is 14.3. The number of hydrogen-bond acceptors (Lipinski definition) is 9. The number of primary amides is 1. The molecule has 4 N–H and O–H groups in total. The van der Waals surface area contributed by atoms with Gasteiger partial charge >= 0.3 is 12.1 Å². The minimum absolute atomic E-state index is 0.00977. The van der Waals surface area contributed by atoms with Crippen molar-refractivity contribution in [2.75, 3.05) is 19.4 Å². The Morgan fingerprint density at radius 3 is 2.26 bits per heavy atom. The van der Waals surface area contributed by atoms with Crippen LogP contribution in [0.5, 0.6) is 5.75 Å². The van der Waals surface area contributed by atoms with Gasteiger partial charge in [-0.05, 0) is 57.7 Å². The number of thioether (sulfide) groups is 1. The van der Waals surface area contributed by atoms with E-state index in [9.17, 15) is 24.0 Å². The Morgan fingerprint density at radius 2 is 1.71 bits per heavy atom. The van der Waals surface area contributed by atoms with Crippen LogP contribution >= 0.6 is 11.8 Å². The van der Waals surface area contributed by atoms with Crippen LogP contribution in [0.1, 0.15) is 58.9 Å². The second-order valence-electron chi connectivity index (χ2n) is 9.59. The number of carbonyl (C=O) groups is 5. The molecule has 1 unspecified atom stereocenters. The van der Waals surface area contributed by atoms with Gasteiger partial charge in [0, 0.05) is 31.6 Å². The van der Waals surface area contributed by atoms with Crippen LogP contribution in [0.3, 0.4) is 0 Å². The highest BCUT2D eigenvalue weighted by Crippen LogP contribution is 2.17. The van der Waals surface area contributed by atoms with E-state index in [1.807, 2.05) is 0 Å². The van der Waals surface area contributed by atoms with Crippen LogP contribution in [0.2, 0.25) is 0 Å². The number of nitrogens with two attached hydrogens (primary N) is 1. The third kappa shape index (κ3) is 14.5. The fourth-order valence-electron chi connectivity index (χ4n) is 3.17. The van der Waals surface area contributed by atoms with Gasteiger partial charge in [-0.3, -0.25) is 14.4 Å². The number of nitrogens with one attached hydrogen (secondary N) is 2. The Labute approximate surface area is 227 Å². The second kappa shape index (κ2) is 16.5. The van der Waals surface area contributed by atoms with Crippen molar-refractivity contribution in [2.24, 2.45) is 11.7 Å². The van der Waals surface area contributed by atoms with Gasteiger partial charge in [-0.25, -0.2) is 9.59 Å². The highest BCUT2D eigenvalue weighted by Gasteiger charge is 2.29. The lowest BCUT2D eigenvalue weighted by atomic mass is 10.0. The molecule has 0 radical (unpaired) electrons. The molecule has 0 fully saturated rings. The normalized spacial score (nSPS) is 12.6. The first-order chi connectivity index (χ1) is 17.8. The van der Waals surface area contributed by atoms with E-state index in [1.165, 1.54) is 6.92 Å². The number of alkyl carbamates (subject to hydrolysis) is 1. The number of carbonyl (C=O) groups excluding carboxylic acids is 5. The third-order valence-electron chi connectivity index (χ3n) is 5.07. The molecule has 0 heterocycles. The van der Waals surface area contributed by atoms with Gasteiger partial charge in [0.1, 0.15) is 24.0 Å². The average Bonchev–Trinajstić information content (AvgIpc) is 2.83. The highest BCUT2D eigenvalue weighted by atomic mass is 32.2. The summed E-state index contributed by atoms with van der Waals surface area (Å²) in [5.74, 6) is -1.47. The van der Waals surface area contributed by atoms with Gasteiger partial charge in [0.2, 0.25) is 11.8 Å². The average molecular weight is 554 g/mol. The summed E-state index contributed by atoms with van der Waals surface area (Å²) in [7, 11) is 1.56. The first-order valence-corrected chi connectivity index (χ1v) is 13.3. The molecular weight excluding hydrogens is 514 g/mol. The maximum atomic E-state index is 13.0. The Bertz CT molecular complexity index is 947. The summed E-state index contributed by atoms with van der Waals surface area (Å²) < 4.78 is 15.7. The molecule has 2 atom stereocenters. The predicted molar refractivity (Wildman–Crippen MR) is 143 cm³/mol. The molecule has 12 heteroatoms. The maximum absolute atomic E-state index is 13.0. The van der Waals surface area contributed by atoms with E-state index in [-0.39, 0.29) is 36.9 Å². The zero-order chi connectivity index (χ0) is 28.7. The third-order valence-corrected chi connectivity index (χ3v) is 6.05. The molecule has 212 valence electrons. The standard InChI is InChI=1S/C26H39N3O8S/c1-17(30)38-16-19(23(32)29-21(12-13-22(27)31)24(33)37-26(2,3)4)7-6-14-28-25(34)36-15-18-8-10-20(35-5)11-9-18/h8-11,19,21H,6-7,12-16H2,1-5H3,(H2,27,31)(H,28,34)(H,29,32)/t19?,21-/m0/s1. The van der Waals surface area contributed by atoms with Gasteiger partial charge < -0.3 is 30.6 Å². The fourth-order valence-corrected chi connectivity index (χ4v) is 3.92. The van der Waals surface area contributed by atoms with Gasteiger partial charge in [0.15, 0.2) is 5.12 Å². The van der Waals surface area contributed by atoms with E-state index in [2.05, 4.69) is 10.6 Å². The molecule has 1 rings (SSSR count). The van der Waals surface area contributed by atoms with E-state index in [4.69, 9.17) is 19.9 Å². The van der Waals surface area contributed by atoms with E-state index >= 15 is 0 Å². The fraction of sp³-hybridized carbons (Fsp3) is 0.577. The Morgan fingerprint density at radius 1 is 1.05 bits per heavy atom. The SMILES string of the molecule is COc1ccc(COC(=O)NCCCC(CSC(C)=O)C(=O)N[C@@H](CCC(N)=O)C(=O)OC(C)(C)C)cc1. The number of benzene rings is 1. The van der Waals surface area contributed by atoms with E-state index in [1.54, 1.807) is 52.1 Å². The lowest BCUT2D eigenvalue weighted by Crippen LogP contribution is -2.47. The zero-order valence-corrected chi connectivity index (χ0v) is 23.5. The molecule has 38 heavy (non-hydrogen) atoms. The van der Waals surface area contributed by atoms with Crippen LogP contribution in [0.4, 0.5) is 4.79 Å². The van der Waals surface area contributed by atoms with Crippen LogP contribution in [-0.4, -0.2) is 60.0 Å². The summed E-state index contributed by atoms with van der Waals surface area (Å²) >= 11 is 0.993. The van der Waals surface area contributed by atoms with Crippen molar-refractivity contribution in [3.63, 3.8) is 0 Å². The van der Waals surface area contributed by atoms with E-state index < -0.39 is 41.4 Å².